The smallest absolute Gasteiger partial charge is 0.144 e. The molecule has 20 heavy (non-hydrogen) atoms. The molecule has 0 radical (unpaired) electrons. The van der Waals surface area contributed by atoms with Crippen LogP contribution >= 0.6 is 23.2 Å². The first-order valence-corrected chi connectivity index (χ1v) is 6.50. The Morgan fingerprint density at radius 2 is 1.60 bits per heavy atom. The fraction of sp³-hybridized carbons (Fsp3) is 0.143. The third-order valence-corrected chi connectivity index (χ3v) is 3.72. The summed E-state index contributed by atoms with van der Waals surface area (Å²) >= 11 is 12.5. The highest BCUT2D eigenvalue weighted by Gasteiger charge is 2.17. The fourth-order valence-corrected chi connectivity index (χ4v) is 2.35. The van der Waals surface area contributed by atoms with E-state index in [-0.39, 0.29) is 5.69 Å². The van der Waals surface area contributed by atoms with Gasteiger partial charge in [0, 0.05) is 16.1 Å². The molecule has 0 fully saturated rings. The second kappa shape index (κ2) is 5.69. The molecule has 0 saturated carbocycles. The molecule has 0 unspecified atom stereocenters. The lowest BCUT2D eigenvalue weighted by Crippen LogP contribution is -2.00. The molecule has 4 N–H and O–H groups in total. The molecule has 2 aromatic rings. The molecule has 0 heterocycles. The predicted octanol–water partition coefficient (Wildman–Crippen LogP) is 3.84. The zero-order valence-corrected chi connectivity index (χ0v) is 12.5. The zero-order valence-electron chi connectivity index (χ0n) is 11.0. The fourth-order valence-electron chi connectivity index (χ4n) is 1.87. The quantitative estimate of drug-likeness (QED) is 0.845. The highest BCUT2D eigenvalue weighted by Crippen LogP contribution is 2.44. The first-order chi connectivity index (χ1) is 9.49. The van der Waals surface area contributed by atoms with Gasteiger partial charge in [0.25, 0.3) is 0 Å². The Hall–Kier alpha value is -1.78. The molecule has 0 bridgehead atoms. The van der Waals surface area contributed by atoms with E-state index >= 15 is 0 Å². The van der Waals surface area contributed by atoms with Gasteiger partial charge in [0.1, 0.15) is 11.5 Å². The summed E-state index contributed by atoms with van der Waals surface area (Å²) in [5.74, 6) is 1.11. The summed E-state index contributed by atoms with van der Waals surface area (Å²) in [7, 11) is 3.09. The number of halogens is 2. The minimum absolute atomic E-state index is 0.264. The van der Waals surface area contributed by atoms with E-state index in [2.05, 4.69) is 0 Å². The lowest BCUT2D eigenvalue weighted by molar-refractivity contribution is 0.415. The second-order valence-electron chi connectivity index (χ2n) is 4.11. The van der Waals surface area contributed by atoms with E-state index in [1.165, 1.54) is 7.11 Å². The lowest BCUT2D eigenvalue weighted by Gasteiger charge is -2.15. The van der Waals surface area contributed by atoms with Crippen LogP contribution < -0.4 is 20.9 Å². The Morgan fingerprint density at radius 1 is 0.900 bits per heavy atom. The molecule has 0 aliphatic carbocycles. The Morgan fingerprint density at radius 3 is 2.20 bits per heavy atom. The number of rotatable bonds is 3. The van der Waals surface area contributed by atoms with Gasteiger partial charge in [-0.05, 0) is 24.3 Å². The standard InChI is InChI=1S/C14H14Cl2N2O2/c1-19-7-3-4-10(15)8(5-7)9-6-11(20-2)13(17)14(18)12(9)16/h3-6H,17-18H2,1-2H3. The van der Waals surface area contributed by atoms with Crippen LogP contribution in [-0.4, -0.2) is 14.2 Å². The van der Waals surface area contributed by atoms with Crippen molar-refractivity contribution >= 4 is 34.6 Å². The van der Waals surface area contributed by atoms with Crippen LogP contribution in [-0.2, 0) is 0 Å². The average molecular weight is 313 g/mol. The van der Waals surface area contributed by atoms with Crippen molar-refractivity contribution in [3.8, 4) is 22.6 Å². The van der Waals surface area contributed by atoms with Gasteiger partial charge in [-0.25, -0.2) is 0 Å². The molecule has 6 heteroatoms. The van der Waals surface area contributed by atoms with Gasteiger partial charge < -0.3 is 20.9 Å². The van der Waals surface area contributed by atoms with Crippen molar-refractivity contribution in [2.75, 3.05) is 25.7 Å². The van der Waals surface area contributed by atoms with Gasteiger partial charge in [0.2, 0.25) is 0 Å². The SMILES string of the molecule is COc1ccc(Cl)c(-c2cc(OC)c(N)c(N)c2Cl)c1. The summed E-state index contributed by atoms with van der Waals surface area (Å²) in [6.45, 7) is 0. The van der Waals surface area contributed by atoms with Crippen LogP contribution in [0, 0.1) is 0 Å². The minimum Gasteiger partial charge on any atom is -0.497 e. The average Bonchev–Trinajstić information content (AvgIpc) is 2.46. The zero-order chi connectivity index (χ0) is 14.9. The van der Waals surface area contributed by atoms with Crippen LogP contribution in [0.5, 0.6) is 11.5 Å². The van der Waals surface area contributed by atoms with Gasteiger partial charge in [-0.1, -0.05) is 23.2 Å². The first kappa shape index (κ1) is 14.6. The molecular weight excluding hydrogens is 299 g/mol. The molecule has 2 aromatic carbocycles. The molecule has 4 nitrogen and oxygen atoms in total. The van der Waals surface area contributed by atoms with Crippen LogP contribution in [0.1, 0.15) is 0 Å². The van der Waals surface area contributed by atoms with Crippen molar-refractivity contribution in [2.45, 2.75) is 0 Å². The molecule has 0 spiro atoms. The Kier molecular flexibility index (Phi) is 4.16. The molecule has 106 valence electrons. The van der Waals surface area contributed by atoms with Gasteiger partial charge >= 0.3 is 0 Å². The maximum atomic E-state index is 6.27. The molecule has 0 aromatic heterocycles. The van der Waals surface area contributed by atoms with Crippen LogP contribution in [0.3, 0.4) is 0 Å². The van der Waals surface area contributed by atoms with Crippen molar-refractivity contribution in [2.24, 2.45) is 0 Å². The number of nitrogen functional groups attached to an aromatic ring is 2. The molecule has 2 rings (SSSR count). The van der Waals surface area contributed by atoms with E-state index < -0.39 is 0 Å². The molecule has 0 aliphatic heterocycles. The molecule has 0 amide bonds. The van der Waals surface area contributed by atoms with Crippen LogP contribution in [0.4, 0.5) is 11.4 Å². The summed E-state index contributed by atoms with van der Waals surface area (Å²) in [6.07, 6.45) is 0. The van der Waals surface area contributed by atoms with E-state index in [1.807, 2.05) is 0 Å². The Balaban J connectivity index is 2.72. The number of ether oxygens (including phenoxy) is 2. The van der Waals surface area contributed by atoms with E-state index in [4.69, 9.17) is 44.1 Å². The maximum absolute atomic E-state index is 6.27. The molecular formula is C14H14Cl2N2O2. The Bertz CT molecular complexity index is 660. The number of nitrogens with two attached hydrogens (primary N) is 2. The molecule has 0 saturated heterocycles. The molecule has 0 aliphatic rings. The van der Waals surface area contributed by atoms with Gasteiger partial charge in [0.15, 0.2) is 0 Å². The largest absolute Gasteiger partial charge is 0.497 e. The Labute approximate surface area is 127 Å². The summed E-state index contributed by atoms with van der Waals surface area (Å²) in [6, 6.07) is 6.97. The maximum Gasteiger partial charge on any atom is 0.144 e. The number of hydrogen-bond donors (Lipinski definition) is 2. The monoisotopic (exact) mass is 312 g/mol. The van der Waals surface area contributed by atoms with Gasteiger partial charge in [-0.2, -0.15) is 0 Å². The molecule has 0 atom stereocenters. The second-order valence-corrected chi connectivity index (χ2v) is 4.90. The minimum atomic E-state index is 0.264. The highest BCUT2D eigenvalue weighted by atomic mass is 35.5. The van der Waals surface area contributed by atoms with Crippen molar-refractivity contribution in [1.82, 2.24) is 0 Å². The number of anilines is 2. The lowest BCUT2D eigenvalue weighted by atomic mass is 10.0. The van der Waals surface area contributed by atoms with Crippen molar-refractivity contribution in [1.29, 1.82) is 0 Å². The van der Waals surface area contributed by atoms with Gasteiger partial charge in [-0.3, -0.25) is 0 Å². The van der Waals surface area contributed by atoms with Crippen LogP contribution in [0.2, 0.25) is 10.0 Å². The van der Waals surface area contributed by atoms with Crippen LogP contribution in [0.25, 0.3) is 11.1 Å². The predicted molar refractivity (Wildman–Crippen MR) is 83.8 cm³/mol. The van der Waals surface area contributed by atoms with Crippen molar-refractivity contribution < 1.29 is 9.47 Å². The van der Waals surface area contributed by atoms with Gasteiger partial charge in [-0.15, -0.1) is 0 Å². The van der Waals surface area contributed by atoms with E-state index in [0.717, 1.165) is 0 Å². The van der Waals surface area contributed by atoms with E-state index in [0.29, 0.717) is 38.4 Å². The number of benzene rings is 2. The topological polar surface area (TPSA) is 70.5 Å². The third-order valence-electron chi connectivity index (χ3n) is 2.99. The van der Waals surface area contributed by atoms with Crippen molar-refractivity contribution in [3.05, 3.63) is 34.3 Å². The van der Waals surface area contributed by atoms with Gasteiger partial charge in [0.05, 0.1) is 30.6 Å². The van der Waals surface area contributed by atoms with E-state index in [1.54, 1.807) is 31.4 Å². The number of methoxy groups -OCH3 is 2. The summed E-state index contributed by atoms with van der Waals surface area (Å²) in [4.78, 5) is 0. The third kappa shape index (κ3) is 2.44. The summed E-state index contributed by atoms with van der Waals surface area (Å²) < 4.78 is 10.4. The normalized spacial score (nSPS) is 10.4. The first-order valence-electron chi connectivity index (χ1n) is 5.75. The van der Waals surface area contributed by atoms with Crippen LogP contribution in [0.15, 0.2) is 24.3 Å². The highest BCUT2D eigenvalue weighted by molar-refractivity contribution is 6.38. The summed E-state index contributed by atoms with van der Waals surface area (Å²) in [5, 5.41) is 0.859. The van der Waals surface area contributed by atoms with E-state index in [9.17, 15) is 0 Å². The number of hydrogen-bond acceptors (Lipinski definition) is 4. The van der Waals surface area contributed by atoms with Crippen molar-refractivity contribution in [3.63, 3.8) is 0 Å². The summed E-state index contributed by atoms with van der Waals surface area (Å²) in [5.41, 5.74) is 13.7.